The van der Waals surface area contributed by atoms with Gasteiger partial charge < -0.3 is 10.2 Å². The van der Waals surface area contributed by atoms with Crippen molar-refractivity contribution < 1.29 is 9.18 Å². The molecule has 2 rings (SSSR count). The number of hydrogen-bond donors (Lipinski definition) is 1. The standard InChI is InChI=1S/C17H23FN2OS/c1-11(2)22-15-14(19-5)16(21)20(17(15,3)4)10-12-7-6-8-13(18)9-12/h6-9,11,19H,10H2,1-5H3. The lowest BCUT2D eigenvalue weighted by molar-refractivity contribution is -0.129. The predicted octanol–water partition coefficient (Wildman–Crippen LogP) is 3.52. The van der Waals surface area contributed by atoms with Crippen molar-refractivity contribution >= 4 is 17.7 Å². The third-order valence-corrected chi connectivity index (χ3v) is 5.16. The van der Waals surface area contributed by atoms with E-state index in [2.05, 4.69) is 19.2 Å². The average Bonchev–Trinajstić information content (AvgIpc) is 2.59. The first-order valence-corrected chi connectivity index (χ1v) is 8.31. The van der Waals surface area contributed by atoms with Crippen LogP contribution in [0.5, 0.6) is 0 Å². The largest absolute Gasteiger partial charge is 0.383 e. The molecule has 1 N–H and O–H groups in total. The molecule has 0 bridgehead atoms. The molecule has 0 unspecified atom stereocenters. The highest BCUT2D eigenvalue weighted by molar-refractivity contribution is 8.03. The van der Waals surface area contributed by atoms with Gasteiger partial charge in [0.2, 0.25) is 0 Å². The van der Waals surface area contributed by atoms with Gasteiger partial charge in [0.1, 0.15) is 11.5 Å². The van der Waals surface area contributed by atoms with Crippen molar-refractivity contribution in [2.75, 3.05) is 7.05 Å². The Hall–Kier alpha value is -1.49. The maximum absolute atomic E-state index is 13.4. The minimum Gasteiger partial charge on any atom is -0.383 e. The van der Waals surface area contributed by atoms with Gasteiger partial charge in [-0.1, -0.05) is 26.0 Å². The quantitative estimate of drug-likeness (QED) is 0.900. The number of benzene rings is 1. The summed E-state index contributed by atoms with van der Waals surface area (Å²) in [5, 5.41) is 3.43. The van der Waals surface area contributed by atoms with Crippen molar-refractivity contribution in [1.29, 1.82) is 0 Å². The van der Waals surface area contributed by atoms with Crippen molar-refractivity contribution in [3.05, 3.63) is 46.2 Å². The summed E-state index contributed by atoms with van der Waals surface area (Å²) in [5.41, 5.74) is 1.05. The Bertz CT molecular complexity index is 610. The second kappa shape index (κ2) is 6.32. The smallest absolute Gasteiger partial charge is 0.271 e. The number of carbonyl (C=O) groups excluding carboxylic acids is 1. The molecular formula is C17H23FN2OS. The number of hydrogen-bond acceptors (Lipinski definition) is 3. The molecule has 1 aromatic carbocycles. The zero-order valence-electron chi connectivity index (χ0n) is 13.7. The number of thioether (sulfide) groups is 1. The lowest BCUT2D eigenvalue weighted by Crippen LogP contribution is -2.43. The van der Waals surface area contributed by atoms with E-state index in [-0.39, 0.29) is 11.7 Å². The highest BCUT2D eigenvalue weighted by Gasteiger charge is 2.45. The van der Waals surface area contributed by atoms with E-state index in [0.717, 1.165) is 10.5 Å². The Morgan fingerprint density at radius 2 is 2.05 bits per heavy atom. The molecule has 1 aromatic rings. The number of carbonyl (C=O) groups is 1. The molecule has 0 fully saturated rings. The molecule has 0 saturated heterocycles. The second-order valence-electron chi connectivity index (χ2n) is 6.20. The third-order valence-electron chi connectivity index (χ3n) is 3.75. The summed E-state index contributed by atoms with van der Waals surface area (Å²) in [6.45, 7) is 8.71. The lowest BCUT2D eigenvalue weighted by Gasteiger charge is -2.34. The fraction of sp³-hybridized carbons (Fsp3) is 0.471. The maximum Gasteiger partial charge on any atom is 0.271 e. The first-order chi connectivity index (χ1) is 10.3. The number of halogens is 1. The molecule has 1 heterocycles. The molecule has 3 nitrogen and oxygen atoms in total. The van der Waals surface area contributed by atoms with Gasteiger partial charge in [-0.15, -0.1) is 11.8 Å². The van der Waals surface area contributed by atoms with E-state index in [9.17, 15) is 9.18 Å². The first kappa shape index (κ1) is 16.9. The van der Waals surface area contributed by atoms with Crippen molar-refractivity contribution in [3.63, 3.8) is 0 Å². The predicted molar refractivity (Wildman–Crippen MR) is 89.8 cm³/mol. The molecule has 0 atom stereocenters. The van der Waals surface area contributed by atoms with E-state index >= 15 is 0 Å². The topological polar surface area (TPSA) is 32.3 Å². The van der Waals surface area contributed by atoms with Crippen LogP contribution < -0.4 is 5.32 Å². The Morgan fingerprint density at radius 3 is 2.59 bits per heavy atom. The van der Waals surface area contributed by atoms with E-state index in [4.69, 9.17) is 0 Å². The summed E-state index contributed by atoms with van der Waals surface area (Å²) in [6, 6.07) is 6.42. The first-order valence-electron chi connectivity index (χ1n) is 7.43. The van der Waals surface area contributed by atoms with Gasteiger partial charge in [-0.3, -0.25) is 4.79 Å². The fourth-order valence-corrected chi connectivity index (χ4v) is 3.84. The molecule has 22 heavy (non-hydrogen) atoms. The molecule has 1 amide bonds. The Kier molecular flexibility index (Phi) is 4.85. The highest BCUT2D eigenvalue weighted by atomic mass is 32.2. The summed E-state index contributed by atoms with van der Waals surface area (Å²) in [5.74, 6) is -0.305. The molecule has 1 aliphatic rings. The van der Waals surface area contributed by atoms with Crippen LogP contribution in [-0.2, 0) is 11.3 Å². The van der Waals surface area contributed by atoms with Gasteiger partial charge in [0.05, 0.1) is 5.54 Å². The van der Waals surface area contributed by atoms with Gasteiger partial charge in [0, 0.05) is 23.7 Å². The molecule has 0 aromatic heterocycles. The van der Waals surface area contributed by atoms with Crippen molar-refractivity contribution in [2.45, 2.75) is 45.0 Å². The number of rotatable bonds is 5. The highest BCUT2D eigenvalue weighted by Crippen LogP contribution is 2.43. The number of nitrogens with one attached hydrogen (secondary N) is 1. The summed E-state index contributed by atoms with van der Waals surface area (Å²) < 4.78 is 13.4. The SMILES string of the molecule is CNC1=C(SC(C)C)C(C)(C)N(Cc2cccc(F)c2)C1=O. The number of nitrogens with zero attached hydrogens (tertiary/aromatic N) is 1. The minimum absolute atomic E-state index is 0.0279. The van der Waals surface area contributed by atoms with Crippen LogP contribution in [0.1, 0.15) is 33.3 Å². The summed E-state index contributed by atoms with van der Waals surface area (Å²) in [6.07, 6.45) is 0. The van der Waals surface area contributed by atoms with Crippen LogP contribution >= 0.6 is 11.8 Å². The molecule has 1 aliphatic heterocycles. The molecule has 5 heteroatoms. The number of amides is 1. The van der Waals surface area contributed by atoms with Crippen molar-refractivity contribution in [3.8, 4) is 0 Å². The van der Waals surface area contributed by atoms with Crippen LogP contribution in [0.15, 0.2) is 34.9 Å². The van der Waals surface area contributed by atoms with E-state index in [1.165, 1.54) is 12.1 Å². The van der Waals surface area contributed by atoms with Crippen molar-refractivity contribution in [1.82, 2.24) is 10.2 Å². The lowest BCUT2D eigenvalue weighted by atomic mass is 10.0. The van der Waals surface area contributed by atoms with Crippen LogP contribution in [0.2, 0.25) is 0 Å². The molecule has 0 radical (unpaired) electrons. The molecule has 0 saturated carbocycles. The van der Waals surface area contributed by atoms with Gasteiger partial charge >= 0.3 is 0 Å². The Balaban J connectivity index is 2.33. The van der Waals surface area contributed by atoms with Gasteiger partial charge in [-0.2, -0.15) is 0 Å². The molecular weight excluding hydrogens is 299 g/mol. The monoisotopic (exact) mass is 322 g/mol. The van der Waals surface area contributed by atoms with Crippen LogP contribution in [0, 0.1) is 5.82 Å². The maximum atomic E-state index is 13.4. The summed E-state index contributed by atoms with van der Waals surface area (Å²) in [7, 11) is 1.77. The van der Waals surface area contributed by atoms with Crippen LogP contribution in [0.25, 0.3) is 0 Å². The molecule has 120 valence electrons. The zero-order valence-corrected chi connectivity index (χ0v) is 14.6. The van der Waals surface area contributed by atoms with Gasteiger partial charge in [-0.25, -0.2) is 4.39 Å². The zero-order chi connectivity index (χ0) is 16.5. The second-order valence-corrected chi connectivity index (χ2v) is 7.79. The van der Waals surface area contributed by atoms with E-state index in [1.807, 2.05) is 19.9 Å². The van der Waals surface area contributed by atoms with E-state index < -0.39 is 5.54 Å². The summed E-state index contributed by atoms with van der Waals surface area (Å²) in [4.78, 5) is 15.6. The average molecular weight is 322 g/mol. The third kappa shape index (κ3) is 3.14. The minimum atomic E-state index is -0.406. The van der Waals surface area contributed by atoms with E-state index in [1.54, 1.807) is 29.8 Å². The van der Waals surface area contributed by atoms with Crippen LogP contribution in [-0.4, -0.2) is 28.6 Å². The van der Waals surface area contributed by atoms with Gasteiger partial charge in [0.25, 0.3) is 5.91 Å². The normalized spacial score (nSPS) is 17.6. The number of likely N-dealkylation sites (N-methyl/N-ethyl adjacent to an activating group) is 1. The van der Waals surface area contributed by atoms with E-state index in [0.29, 0.717) is 17.5 Å². The summed E-state index contributed by atoms with van der Waals surface area (Å²) >= 11 is 1.70. The van der Waals surface area contributed by atoms with Crippen molar-refractivity contribution in [2.24, 2.45) is 0 Å². The van der Waals surface area contributed by atoms with Gasteiger partial charge in [-0.05, 0) is 31.5 Å². The van der Waals surface area contributed by atoms with Gasteiger partial charge in [0.15, 0.2) is 0 Å². The Morgan fingerprint density at radius 1 is 1.36 bits per heavy atom. The van der Waals surface area contributed by atoms with Crippen LogP contribution in [0.4, 0.5) is 4.39 Å². The van der Waals surface area contributed by atoms with Crippen LogP contribution in [0.3, 0.4) is 0 Å². The molecule has 0 spiro atoms. The Labute approximate surface area is 136 Å². The fourth-order valence-electron chi connectivity index (χ4n) is 2.66. The molecule has 0 aliphatic carbocycles.